The smallest absolute Gasteiger partial charge is 0.348 e. The van der Waals surface area contributed by atoms with Crippen molar-refractivity contribution in [2.45, 2.75) is 26.1 Å². The number of carbonyl (C=O) groups excluding carboxylic acids is 2. The van der Waals surface area contributed by atoms with E-state index in [1.165, 1.54) is 4.90 Å². The molecule has 3 rings (SSSR count). The van der Waals surface area contributed by atoms with Crippen LogP contribution in [0.25, 0.3) is 5.69 Å². The molecule has 0 aliphatic carbocycles. The quantitative estimate of drug-likeness (QED) is 0.716. The van der Waals surface area contributed by atoms with Crippen LogP contribution in [0.3, 0.4) is 0 Å². The van der Waals surface area contributed by atoms with Crippen LogP contribution < -0.4 is 4.90 Å². The summed E-state index contributed by atoms with van der Waals surface area (Å²) in [5.41, 5.74) is 1.55. The van der Waals surface area contributed by atoms with Gasteiger partial charge in [-0.2, -0.15) is 0 Å². The summed E-state index contributed by atoms with van der Waals surface area (Å²) in [6.07, 6.45) is 0.0956. The van der Waals surface area contributed by atoms with E-state index in [-0.39, 0.29) is 25.6 Å². The van der Waals surface area contributed by atoms with Gasteiger partial charge in [-0.3, -0.25) is 19.5 Å². The molecule has 1 aliphatic rings. The standard InChI is InChI=1S/C17H18N4O6.ClH/c1-10-9-13(19-21(10)12-3-5-18-6-4-12)20-7-8-26-14(16(20)23)15(17(24)25)27-11(2)22;/h3-6,9,14-15H,7-8H2,1-2H3,(H,24,25);1H/t14?,15-;/m1./s1. The first-order valence-electron chi connectivity index (χ1n) is 8.18. The lowest BCUT2D eigenvalue weighted by Gasteiger charge is -2.33. The number of esters is 1. The summed E-state index contributed by atoms with van der Waals surface area (Å²) >= 11 is 0. The fraction of sp³-hybridized carbons (Fsp3) is 0.353. The van der Waals surface area contributed by atoms with E-state index in [0.717, 1.165) is 18.3 Å². The van der Waals surface area contributed by atoms with Crippen molar-refractivity contribution in [3.05, 3.63) is 36.3 Å². The predicted molar refractivity (Wildman–Crippen MR) is 98.6 cm³/mol. The number of nitrogens with zero attached hydrogens (tertiary/aromatic N) is 4. The molecule has 0 radical (unpaired) electrons. The van der Waals surface area contributed by atoms with Gasteiger partial charge >= 0.3 is 11.9 Å². The van der Waals surface area contributed by atoms with Crippen LogP contribution in [0.5, 0.6) is 0 Å². The fourth-order valence-corrected chi connectivity index (χ4v) is 2.81. The number of hydrogen-bond acceptors (Lipinski definition) is 7. The number of aliphatic carboxylic acids is 1. The van der Waals surface area contributed by atoms with Crippen LogP contribution in [0, 0.1) is 6.92 Å². The largest absolute Gasteiger partial charge is 0.478 e. The number of halogens is 1. The zero-order valence-corrected chi connectivity index (χ0v) is 16.0. The molecule has 0 bridgehead atoms. The highest BCUT2D eigenvalue weighted by atomic mass is 35.5. The monoisotopic (exact) mass is 410 g/mol. The van der Waals surface area contributed by atoms with E-state index >= 15 is 0 Å². The van der Waals surface area contributed by atoms with Crippen molar-refractivity contribution in [3.8, 4) is 5.69 Å². The van der Waals surface area contributed by atoms with E-state index in [4.69, 9.17) is 9.47 Å². The van der Waals surface area contributed by atoms with Crippen molar-refractivity contribution in [2.75, 3.05) is 18.1 Å². The van der Waals surface area contributed by atoms with E-state index in [9.17, 15) is 19.5 Å². The molecule has 1 fully saturated rings. The molecule has 150 valence electrons. The molecule has 3 heterocycles. The Morgan fingerprint density at radius 1 is 1.36 bits per heavy atom. The number of anilines is 1. The summed E-state index contributed by atoms with van der Waals surface area (Å²) in [7, 11) is 0. The molecule has 0 spiro atoms. The Kier molecular flexibility index (Phi) is 6.71. The Morgan fingerprint density at radius 2 is 2.04 bits per heavy atom. The fourth-order valence-electron chi connectivity index (χ4n) is 2.81. The summed E-state index contributed by atoms with van der Waals surface area (Å²) in [6.45, 7) is 3.19. The Morgan fingerprint density at radius 3 is 2.64 bits per heavy atom. The summed E-state index contributed by atoms with van der Waals surface area (Å²) in [5, 5.41) is 13.7. The molecule has 0 aromatic carbocycles. The molecular weight excluding hydrogens is 392 g/mol. The minimum absolute atomic E-state index is 0. The number of carboxylic acids is 1. The lowest BCUT2D eigenvalue weighted by atomic mass is 10.1. The molecule has 1 unspecified atom stereocenters. The number of morpholine rings is 1. The van der Waals surface area contributed by atoms with E-state index in [1.54, 1.807) is 35.3 Å². The third kappa shape index (κ3) is 4.29. The molecule has 10 nitrogen and oxygen atoms in total. The van der Waals surface area contributed by atoms with Gasteiger partial charge in [-0.25, -0.2) is 9.48 Å². The van der Waals surface area contributed by atoms with Gasteiger partial charge in [-0.15, -0.1) is 17.5 Å². The second kappa shape index (κ2) is 8.81. The van der Waals surface area contributed by atoms with Crippen molar-refractivity contribution in [3.63, 3.8) is 0 Å². The number of aromatic nitrogens is 3. The maximum atomic E-state index is 12.8. The van der Waals surface area contributed by atoms with Crippen molar-refractivity contribution in [1.29, 1.82) is 0 Å². The van der Waals surface area contributed by atoms with E-state index < -0.39 is 30.1 Å². The van der Waals surface area contributed by atoms with Crippen molar-refractivity contribution in [2.24, 2.45) is 0 Å². The van der Waals surface area contributed by atoms with Gasteiger partial charge in [-0.1, -0.05) is 0 Å². The van der Waals surface area contributed by atoms with Crippen LogP contribution in [-0.2, 0) is 23.9 Å². The molecule has 1 amide bonds. The zero-order chi connectivity index (χ0) is 19.6. The van der Waals surface area contributed by atoms with Crippen LogP contribution in [-0.4, -0.2) is 63.1 Å². The third-order valence-electron chi connectivity index (χ3n) is 3.99. The van der Waals surface area contributed by atoms with Crippen molar-refractivity contribution >= 4 is 36.1 Å². The molecule has 1 saturated heterocycles. The number of hydrogen-bond donors (Lipinski definition) is 1. The number of pyridine rings is 1. The van der Waals surface area contributed by atoms with Crippen LogP contribution in [0.15, 0.2) is 30.6 Å². The Labute approximate surface area is 166 Å². The van der Waals surface area contributed by atoms with Gasteiger partial charge in [-0.05, 0) is 19.1 Å². The van der Waals surface area contributed by atoms with Gasteiger partial charge in [0, 0.05) is 31.1 Å². The number of amides is 1. The molecule has 2 atom stereocenters. The van der Waals surface area contributed by atoms with Gasteiger partial charge in [0.05, 0.1) is 18.8 Å². The maximum Gasteiger partial charge on any atom is 0.348 e. The molecule has 11 heteroatoms. The summed E-state index contributed by atoms with van der Waals surface area (Å²) in [5.74, 6) is -2.54. The zero-order valence-electron chi connectivity index (χ0n) is 15.1. The van der Waals surface area contributed by atoms with E-state index in [2.05, 4.69) is 10.1 Å². The van der Waals surface area contributed by atoms with Gasteiger partial charge in [0.2, 0.25) is 6.10 Å². The Bertz CT molecular complexity index is 872. The highest BCUT2D eigenvalue weighted by Gasteiger charge is 2.43. The summed E-state index contributed by atoms with van der Waals surface area (Å²) in [6, 6.07) is 5.26. The van der Waals surface area contributed by atoms with Gasteiger partial charge in [0.25, 0.3) is 5.91 Å². The number of aryl methyl sites for hydroxylation is 1. The van der Waals surface area contributed by atoms with Crippen LogP contribution in [0.2, 0.25) is 0 Å². The van der Waals surface area contributed by atoms with Gasteiger partial charge in [0.15, 0.2) is 11.9 Å². The predicted octanol–water partition coefficient (Wildman–Crippen LogP) is 0.746. The summed E-state index contributed by atoms with van der Waals surface area (Å²) < 4.78 is 11.7. The average molecular weight is 411 g/mol. The number of carbonyl (C=O) groups is 3. The highest BCUT2D eigenvalue weighted by Crippen LogP contribution is 2.23. The number of rotatable bonds is 5. The third-order valence-corrected chi connectivity index (χ3v) is 3.99. The average Bonchev–Trinajstić information content (AvgIpc) is 3.02. The maximum absolute atomic E-state index is 12.8. The van der Waals surface area contributed by atoms with Gasteiger partial charge in [0.1, 0.15) is 0 Å². The molecular formula is C17H19ClN4O6. The molecule has 2 aromatic heterocycles. The first-order chi connectivity index (χ1) is 12.9. The van der Waals surface area contributed by atoms with Crippen LogP contribution in [0.1, 0.15) is 12.6 Å². The first kappa shape index (κ1) is 21.3. The summed E-state index contributed by atoms with van der Waals surface area (Å²) in [4.78, 5) is 40.7. The molecule has 1 N–H and O–H groups in total. The Balaban J connectivity index is 0.00000280. The Hall–Kier alpha value is -2.98. The van der Waals surface area contributed by atoms with Gasteiger partial charge < -0.3 is 14.6 Å². The highest BCUT2D eigenvalue weighted by molar-refractivity contribution is 6.00. The van der Waals surface area contributed by atoms with Crippen LogP contribution in [0.4, 0.5) is 5.82 Å². The van der Waals surface area contributed by atoms with E-state index in [0.29, 0.717) is 5.82 Å². The minimum atomic E-state index is -1.72. The number of ether oxygens (including phenoxy) is 2. The SMILES string of the molecule is CC(=O)O[C@@H](C(=O)O)C1OCCN(c2cc(C)n(-c3ccncc3)n2)C1=O.Cl. The molecule has 0 saturated carbocycles. The normalized spacial score (nSPS) is 17.6. The van der Waals surface area contributed by atoms with Crippen LogP contribution >= 0.6 is 12.4 Å². The van der Waals surface area contributed by atoms with Crippen molar-refractivity contribution in [1.82, 2.24) is 14.8 Å². The minimum Gasteiger partial charge on any atom is -0.478 e. The first-order valence-corrected chi connectivity index (χ1v) is 8.18. The lowest BCUT2D eigenvalue weighted by Crippen LogP contribution is -2.55. The topological polar surface area (TPSA) is 124 Å². The second-order valence-corrected chi connectivity index (χ2v) is 5.91. The van der Waals surface area contributed by atoms with Crippen molar-refractivity contribution < 1.29 is 29.0 Å². The second-order valence-electron chi connectivity index (χ2n) is 5.91. The lowest BCUT2D eigenvalue weighted by molar-refractivity contribution is -0.177. The molecule has 2 aromatic rings. The molecule has 28 heavy (non-hydrogen) atoms. The molecule has 1 aliphatic heterocycles. The number of carboxylic acid groups (broad SMARTS) is 1. The van der Waals surface area contributed by atoms with E-state index in [1.807, 2.05) is 6.92 Å².